The topological polar surface area (TPSA) is 68.8 Å². The largest absolute Gasteiger partial charge is 0.494 e. The molecule has 0 amide bonds. The molecule has 0 saturated carbocycles. The Labute approximate surface area is 107 Å². The predicted octanol–water partition coefficient (Wildman–Crippen LogP) is 3.21. The van der Waals surface area contributed by atoms with Crippen LogP contribution in [0.15, 0.2) is 36.0 Å². The number of nitrogens with one attached hydrogen (secondary N) is 1. The summed E-state index contributed by atoms with van der Waals surface area (Å²) in [6.07, 6.45) is 3.49. The highest BCUT2D eigenvalue weighted by molar-refractivity contribution is 5.52. The molecule has 0 aliphatic heterocycles. The molecule has 4 nitrogen and oxygen atoms in total. The normalized spacial score (nSPS) is 8.83. The molecule has 0 heterocycles. The first kappa shape index (κ1) is 13.6. The lowest BCUT2D eigenvalue weighted by Crippen LogP contribution is -1.97. The summed E-state index contributed by atoms with van der Waals surface area (Å²) >= 11 is 0. The van der Waals surface area contributed by atoms with E-state index in [1.165, 1.54) is 6.20 Å². The van der Waals surface area contributed by atoms with E-state index in [0.29, 0.717) is 6.61 Å². The zero-order valence-corrected chi connectivity index (χ0v) is 10.3. The standard InChI is InChI=1S/C14H15N3O/c1-2-3-7-18-14-6-4-5-13(8-14)17-11-12(9-15)10-16/h4-6,8,11,17H,2-3,7H2,1H3. The van der Waals surface area contributed by atoms with Crippen LogP contribution in [0.4, 0.5) is 5.69 Å². The lowest BCUT2D eigenvalue weighted by Gasteiger charge is -2.07. The van der Waals surface area contributed by atoms with Crippen LogP contribution in [0, 0.1) is 22.7 Å². The van der Waals surface area contributed by atoms with Gasteiger partial charge in [-0.1, -0.05) is 19.4 Å². The van der Waals surface area contributed by atoms with E-state index in [1.807, 2.05) is 24.3 Å². The monoisotopic (exact) mass is 241 g/mol. The molecule has 0 spiro atoms. The third-order valence-corrected chi connectivity index (χ3v) is 2.22. The van der Waals surface area contributed by atoms with Crippen LogP contribution in [0.5, 0.6) is 5.75 Å². The van der Waals surface area contributed by atoms with Gasteiger partial charge in [-0.15, -0.1) is 0 Å². The van der Waals surface area contributed by atoms with Gasteiger partial charge in [-0.05, 0) is 18.6 Å². The molecule has 0 saturated heterocycles. The van der Waals surface area contributed by atoms with Crippen molar-refractivity contribution in [2.24, 2.45) is 0 Å². The highest BCUT2D eigenvalue weighted by Gasteiger charge is 1.96. The molecule has 92 valence electrons. The fourth-order valence-electron chi connectivity index (χ4n) is 1.26. The van der Waals surface area contributed by atoms with Crippen LogP contribution in [-0.4, -0.2) is 6.61 Å². The number of allylic oxidation sites excluding steroid dienone is 1. The molecule has 4 heteroatoms. The third-order valence-electron chi connectivity index (χ3n) is 2.22. The Morgan fingerprint density at radius 1 is 1.39 bits per heavy atom. The zero-order chi connectivity index (χ0) is 13.2. The Balaban J connectivity index is 2.63. The van der Waals surface area contributed by atoms with Gasteiger partial charge in [0.15, 0.2) is 0 Å². The molecule has 0 aliphatic rings. The van der Waals surface area contributed by atoms with E-state index in [0.717, 1.165) is 24.3 Å². The minimum absolute atomic E-state index is 0.0345. The molecule has 1 aromatic carbocycles. The maximum atomic E-state index is 8.60. The smallest absolute Gasteiger partial charge is 0.145 e. The summed E-state index contributed by atoms with van der Waals surface area (Å²) in [6.45, 7) is 2.80. The van der Waals surface area contributed by atoms with Gasteiger partial charge in [-0.2, -0.15) is 10.5 Å². The van der Waals surface area contributed by atoms with Gasteiger partial charge < -0.3 is 10.1 Å². The number of ether oxygens (including phenoxy) is 1. The molecule has 1 aromatic rings. The number of anilines is 1. The van der Waals surface area contributed by atoms with Crippen LogP contribution in [0.2, 0.25) is 0 Å². The van der Waals surface area contributed by atoms with Crippen molar-refractivity contribution in [3.63, 3.8) is 0 Å². The summed E-state index contributed by atoms with van der Waals surface area (Å²) in [5.74, 6) is 0.775. The summed E-state index contributed by atoms with van der Waals surface area (Å²) in [7, 11) is 0. The SMILES string of the molecule is CCCCOc1cccc(NC=C(C#N)C#N)c1. The minimum Gasteiger partial charge on any atom is -0.494 e. The molecule has 1 rings (SSSR count). The maximum absolute atomic E-state index is 8.60. The first-order valence-electron chi connectivity index (χ1n) is 5.80. The van der Waals surface area contributed by atoms with Crippen molar-refractivity contribution in [2.75, 3.05) is 11.9 Å². The van der Waals surface area contributed by atoms with Crippen LogP contribution in [0.1, 0.15) is 19.8 Å². The Kier molecular flexibility index (Phi) is 5.86. The first-order chi connectivity index (χ1) is 8.80. The maximum Gasteiger partial charge on any atom is 0.145 e. The molecule has 0 aromatic heterocycles. The van der Waals surface area contributed by atoms with Gasteiger partial charge in [0.2, 0.25) is 0 Å². The lowest BCUT2D eigenvalue weighted by atomic mass is 10.3. The first-order valence-corrected chi connectivity index (χ1v) is 5.80. The fourth-order valence-corrected chi connectivity index (χ4v) is 1.26. The number of unbranched alkanes of at least 4 members (excludes halogenated alkanes) is 1. The Morgan fingerprint density at radius 3 is 2.83 bits per heavy atom. The second-order valence-corrected chi connectivity index (χ2v) is 3.66. The summed E-state index contributed by atoms with van der Waals surface area (Å²) in [5, 5.41) is 20.1. The van der Waals surface area contributed by atoms with Gasteiger partial charge in [0, 0.05) is 18.0 Å². The molecule has 0 atom stereocenters. The second kappa shape index (κ2) is 7.76. The zero-order valence-electron chi connectivity index (χ0n) is 10.3. The highest BCUT2D eigenvalue weighted by Crippen LogP contribution is 2.17. The van der Waals surface area contributed by atoms with E-state index < -0.39 is 0 Å². The number of rotatable bonds is 6. The molecule has 0 unspecified atom stereocenters. The van der Waals surface area contributed by atoms with Gasteiger partial charge in [0.1, 0.15) is 23.5 Å². The summed E-state index contributed by atoms with van der Waals surface area (Å²) in [4.78, 5) is 0. The second-order valence-electron chi connectivity index (χ2n) is 3.66. The number of nitriles is 2. The van der Waals surface area contributed by atoms with Gasteiger partial charge >= 0.3 is 0 Å². The Morgan fingerprint density at radius 2 is 2.17 bits per heavy atom. The van der Waals surface area contributed by atoms with E-state index in [2.05, 4.69) is 12.2 Å². The van der Waals surface area contributed by atoms with E-state index in [-0.39, 0.29) is 5.57 Å². The van der Waals surface area contributed by atoms with E-state index in [4.69, 9.17) is 15.3 Å². The quantitative estimate of drug-likeness (QED) is 0.613. The number of nitrogens with zero attached hydrogens (tertiary/aromatic N) is 2. The van der Waals surface area contributed by atoms with Gasteiger partial charge in [0.25, 0.3) is 0 Å². The molecule has 0 aliphatic carbocycles. The number of benzene rings is 1. The molecule has 1 N–H and O–H groups in total. The number of hydrogen-bond acceptors (Lipinski definition) is 4. The number of hydrogen-bond donors (Lipinski definition) is 1. The van der Waals surface area contributed by atoms with Crippen LogP contribution in [0.3, 0.4) is 0 Å². The Hall–Kier alpha value is -2.46. The minimum atomic E-state index is 0.0345. The molecule has 0 radical (unpaired) electrons. The molecule has 0 fully saturated rings. The van der Waals surface area contributed by atoms with Crippen molar-refractivity contribution in [3.8, 4) is 17.9 Å². The molecule has 18 heavy (non-hydrogen) atoms. The van der Waals surface area contributed by atoms with Crippen LogP contribution >= 0.6 is 0 Å². The van der Waals surface area contributed by atoms with E-state index in [9.17, 15) is 0 Å². The van der Waals surface area contributed by atoms with Gasteiger partial charge in [0.05, 0.1) is 6.61 Å². The summed E-state index contributed by atoms with van der Waals surface area (Å²) in [5.41, 5.74) is 0.819. The Bertz CT molecular complexity index is 478. The third kappa shape index (κ3) is 4.59. The van der Waals surface area contributed by atoms with Crippen molar-refractivity contribution in [2.45, 2.75) is 19.8 Å². The van der Waals surface area contributed by atoms with Crippen molar-refractivity contribution < 1.29 is 4.74 Å². The van der Waals surface area contributed by atoms with Gasteiger partial charge in [-0.3, -0.25) is 0 Å². The summed E-state index contributed by atoms with van der Waals surface area (Å²) in [6, 6.07) is 11.0. The van der Waals surface area contributed by atoms with Gasteiger partial charge in [-0.25, -0.2) is 0 Å². The van der Waals surface area contributed by atoms with Crippen molar-refractivity contribution >= 4 is 5.69 Å². The highest BCUT2D eigenvalue weighted by atomic mass is 16.5. The summed E-state index contributed by atoms with van der Waals surface area (Å²) < 4.78 is 5.56. The lowest BCUT2D eigenvalue weighted by molar-refractivity contribution is 0.309. The average Bonchev–Trinajstić information content (AvgIpc) is 2.41. The average molecular weight is 241 g/mol. The predicted molar refractivity (Wildman–Crippen MR) is 69.8 cm³/mol. The van der Waals surface area contributed by atoms with E-state index >= 15 is 0 Å². The van der Waals surface area contributed by atoms with Crippen LogP contribution < -0.4 is 10.1 Å². The van der Waals surface area contributed by atoms with Crippen LogP contribution in [-0.2, 0) is 0 Å². The molecule has 0 bridgehead atoms. The van der Waals surface area contributed by atoms with Crippen molar-refractivity contribution in [3.05, 3.63) is 36.0 Å². The molecular formula is C14H15N3O. The van der Waals surface area contributed by atoms with Crippen molar-refractivity contribution in [1.82, 2.24) is 0 Å². The van der Waals surface area contributed by atoms with Crippen molar-refractivity contribution in [1.29, 1.82) is 10.5 Å². The molecular weight excluding hydrogens is 226 g/mol. The fraction of sp³-hybridized carbons (Fsp3) is 0.286. The van der Waals surface area contributed by atoms with E-state index in [1.54, 1.807) is 12.1 Å². The van der Waals surface area contributed by atoms with Crippen LogP contribution in [0.25, 0.3) is 0 Å².